The van der Waals surface area contributed by atoms with Gasteiger partial charge in [-0.05, 0) is 24.8 Å². The highest BCUT2D eigenvalue weighted by molar-refractivity contribution is 5.80. The smallest absolute Gasteiger partial charge is 0.222 e. The van der Waals surface area contributed by atoms with Gasteiger partial charge >= 0.3 is 0 Å². The lowest BCUT2D eigenvalue weighted by Gasteiger charge is -2.30. The van der Waals surface area contributed by atoms with Crippen LogP contribution in [0.1, 0.15) is 36.9 Å². The fraction of sp³-hybridized carbons (Fsp3) is 0.320. The van der Waals surface area contributed by atoms with Gasteiger partial charge in [0.25, 0.3) is 0 Å². The monoisotopic (exact) mass is 417 g/mol. The molecule has 1 atom stereocenters. The van der Waals surface area contributed by atoms with Crippen LogP contribution in [-0.2, 0) is 22.6 Å². The first-order valence-electron chi connectivity index (χ1n) is 10.6. The molecule has 0 radical (unpaired) electrons. The summed E-state index contributed by atoms with van der Waals surface area (Å²) >= 11 is 0. The molecule has 1 aliphatic rings. The van der Waals surface area contributed by atoms with Crippen molar-refractivity contribution in [3.05, 3.63) is 78.0 Å². The second-order valence-corrected chi connectivity index (χ2v) is 8.29. The zero-order valence-corrected chi connectivity index (χ0v) is 17.7. The van der Waals surface area contributed by atoms with Crippen LogP contribution >= 0.6 is 0 Å². The second kappa shape index (κ2) is 9.16. The normalized spacial score (nSPS) is 18.0. The largest absolute Gasteiger partial charge is 0.356 e. The predicted octanol–water partition coefficient (Wildman–Crippen LogP) is 3.97. The van der Waals surface area contributed by atoms with E-state index >= 15 is 0 Å². The van der Waals surface area contributed by atoms with Crippen molar-refractivity contribution in [3.63, 3.8) is 0 Å². The van der Waals surface area contributed by atoms with Gasteiger partial charge < -0.3 is 14.7 Å². The Bertz CT molecular complexity index is 1030. The number of amides is 2. The quantitative estimate of drug-likeness (QED) is 0.602. The number of hydrogen-bond donors (Lipinski definition) is 1. The zero-order chi connectivity index (χ0) is 21.7. The Labute approximate surface area is 182 Å². The molecule has 1 aliphatic heterocycles. The van der Waals surface area contributed by atoms with Crippen LogP contribution in [0.25, 0.3) is 11.3 Å². The lowest BCUT2D eigenvalue weighted by Crippen LogP contribution is -2.44. The van der Waals surface area contributed by atoms with Crippen molar-refractivity contribution in [1.82, 2.24) is 15.4 Å². The summed E-state index contributed by atoms with van der Waals surface area (Å²) in [5, 5.41) is 7.25. The molecule has 4 rings (SSSR count). The van der Waals surface area contributed by atoms with E-state index in [0.717, 1.165) is 18.4 Å². The molecule has 1 unspecified atom stereocenters. The molecule has 6 nitrogen and oxygen atoms in total. The van der Waals surface area contributed by atoms with Crippen molar-refractivity contribution in [2.75, 3.05) is 7.05 Å². The van der Waals surface area contributed by atoms with Gasteiger partial charge in [-0.1, -0.05) is 65.8 Å². The number of aromatic nitrogens is 1. The minimum atomic E-state index is -0.358. The first-order chi connectivity index (χ1) is 15.0. The molecule has 1 saturated heterocycles. The van der Waals surface area contributed by atoms with Gasteiger partial charge in [0.15, 0.2) is 5.76 Å². The van der Waals surface area contributed by atoms with E-state index in [2.05, 4.69) is 22.6 Å². The molecular weight excluding hydrogens is 390 g/mol. The molecule has 2 heterocycles. The molecule has 3 aromatic rings. The highest BCUT2D eigenvalue weighted by atomic mass is 16.5. The van der Waals surface area contributed by atoms with Gasteiger partial charge in [0.1, 0.15) is 5.69 Å². The number of nitrogens with zero attached hydrogens (tertiary/aromatic N) is 2. The Kier molecular flexibility index (Phi) is 6.16. The SMILES string of the molecule is CN(Cc1cc(-c2ccccc2)on1)C(=O)CCC1(Cc2ccccc2)CCC(=O)N1. The van der Waals surface area contributed by atoms with E-state index in [1.807, 2.05) is 54.6 Å². The molecule has 31 heavy (non-hydrogen) atoms. The summed E-state index contributed by atoms with van der Waals surface area (Å²) < 4.78 is 5.43. The van der Waals surface area contributed by atoms with Crippen LogP contribution in [0.4, 0.5) is 0 Å². The highest BCUT2D eigenvalue weighted by Crippen LogP contribution is 2.30. The fourth-order valence-electron chi connectivity index (χ4n) is 4.16. The molecular formula is C25H27N3O3. The van der Waals surface area contributed by atoms with Gasteiger partial charge in [0.05, 0.1) is 6.54 Å². The molecule has 1 N–H and O–H groups in total. The van der Waals surface area contributed by atoms with Crippen molar-refractivity contribution < 1.29 is 14.1 Å². The number of nitrogens with one attached hydrogen (secondary N) is 1. The third kappa shape index (κ3) is 5.20. The standard InChI is InChI=1S/C25H27N3O3/c1-28(18-21-16-22(31-27-21)20-10-6-3-7-11-20)24(30)13-15-25(14-12-23(29)26-25)17-19-8-4-2-5-9-19/h2-11,16H,12-15,17-18H2,1H3,(H,26,29). The molecule has 2 amide bonds. The summed E-state index contributed by atoms with van der Waals surface area (Å²) in [6.07, 6.45) is 2.98. The third-order valence-electron chi connectivity index (χ3n) is 5.88. The number of carbonyl (C=O) groups is 2. The first kappa shape index (κ1) is 20.8. The summed E-state index contributed by atoms with van der Waals surface area (Å²) in [6.45, 7) is 0.382. The maximum atomic E-state index is 12.8. The van der Waals surface area contributed by atoms with Crippen molar-refractivity contribution in [2.45, 2.75) is 44.2 Å². The van der Waals surface area contributed by atoms with Crippen LogP contribution < -0.4 is 5.32 Å². The van der Waals surface area contributed by atoms with E-state index in [0.29, 0.717) is 37.3 Å². The lowest BCUT2D eigenvalue weighted by atomic mass is 9.85. The summed E-state index contributed by atoms with van der Waals surface area (Å²) in [6, 6.07) is 21.7. The first-order valence-corrected chi connectivity index (χ1v) is 10.6. The molecule has 0 aliphatic carbocycles. The van der Waals surface area contributed by atoms with Crippen LogP contribution in [0.2, 0.25) is 0 Å². The van der Waals surface area contributed by atoms with Crippen molar-refractivity contribution in [3.8, 4) is 11.3 Å². The van der Waals surface area contributed by atoms with Crippen LogP contribution in [-0.4, -0.2) is 34.5 Å². The predicted molar refractivity (Wildman–Crippen MR) is 118 cm³/mol. The second-order valence-electron chi connectivity index (χ2n) is 8.29. The van der Waals surface area contributed by atoms with E-state index in [-0.39, 0.29) is 17.4 Å². The van der Waals surface area contributed by atoms with Crippen molar-refractivity contribution in [1.29, 1.82) is 0 Å². The summed E-state index contributed by atoms with van der Waals surface area (Å²) in [5.41, 5.74) is 2.48. The molecule has 6 heteroatoms. The van der Waals surface area contributed by atoms with Crippen molar-refractivity contribution >= 4 is 11.8 Å². The van der Waals surface area contributed by atoms with Crippen molar-refractivity contribution in [2.24, 2.45) is 0 Å². The van der Waals surface area contributed by atoms with Gasteiger partial charge in [-0.3, -0.25) is 9.59 Å². The van der Waals surface area contributed by atoms with Gasteiger partial charge in [0.2, 0.25) is 11.8 Å². The minimum Gasteiger partial charge on any atom is -0.356 e. The molecule has 2 aromatic carbocycles. The third-order valence-corrected chi connectivity index (χ3v) is 5.88. The topological polar surface area (TPSA) is 75.4 Å². The maximum absolute atomic E-state index is 12.8. The Morgan fingerprint density at radius 2 is 1.84 bits per heavy atom. The van der Waals surface area contributed by atoms with E-state index in [1.165, 1.54) is 5.56 Å². The zero-order valence-electron chi connectivity index (χ0n) is 17.7. The van der Waals surface area contributed by atoms with Gasteiger partial charge in [-0.25, -0.2) is 0 Å². The molecule has 160 valence electrons. The Balaban J connectivity index is 1.36. The summed E-state index contributed by atoms with van der Waals surface area (Å²) in [4.78, 5) is 26.4. The van der Waals surface area contributed by atoms with Crippen LogP contribution in [0.5, 0.6) is 0 Å². The number of hydrogen-bond acceptors (Lipinski definition) is 4. The fourth-order valence-corrected chi connectivity index (χ4v) is 4.16. The minimum absolute atomic E-state index is 0.0258. The maximum Gasteiger partial charge on any atom is 0.222 e. The Morgan fingerprint density at radius 1 is 1.13 bits per heavy atom. The molecule has 1 fully saturated rings. The average molecular weight is 418 g/mol. The summed E-state index contributed by atoms with van der Waals surface area (Å²) in [7, 11) is 1.77. The molecule has 1 aromatic heterocycles. The number of rotatable bonds is 8. The van der Waals surface area contributed by atoms with E-state index < -0.39 is 0 Å². The number of benzene rings is 2. The molecule has 0 spiro atoms. The summed E-state index contributed by atoms with van der Waals surface area (Å²) in [5.74, 6) is 0.776. The average Bonchev–Trinajstić information content (AvgIpc) is 3.40. The Hall–Kier alpha value is -3.41. The van der Waals surface area contributed by atoms with Crippen LogP contribution in [0, 0.1) is 0 Å². The van der Waals surface area contributed by atoms with E-state index in [1.54, 1.807) is 11.9 Å². The molecule has 0 bridgehead atoms. The van der Waals surface area contributed by atoms with Crippen LogP contribution in [0.15, 0.2) is 71.3 Å². The van der Waals surface area contributed by atoms with Gasteiger partial charge in [0, 0.05) is 37.1 Å². The van der Waals surface area contributed by atoms with E-state index in [4.69, 9.17) is 4.52 Å². The lowest BCUT2D eigenvalue weighted by molar-refractivity contribution is -0.131. The Morgan fingerprint density at radius 3 is 2.52 bits per heavy atom. The highest BCUT2D eigenvalue weighted by Gasteiger charge is 2.38. The van der Waals surface area contributed by atoms with E-state index in [9.17, 15) is 9.59 Å². The number of carbonyl (C=O) groups excluding carboxylic acids is 2. The van der Waals surface area contributed by atoms with Gasteiger partial charge in [-0.2, -0.15) is 0 Å². The van der Waals surface area contributed by atoms with Gasteiger partial charge in [-0.15, -0.1) is 0 Å². The van der Waals surface area contributed by atoms with Crippen LogP contribution in [0.3, 0.4) is 0 Å². The molecule has 0 saturated carbocycles.